The Bertz CT molecular complexity index is 530. The largest absolute Gasteiger partial charge is 0.486 e. The molecule has 1 N–H and O–H groups in total. The lowest BCUT2D eigenvalue weighted by Gasteiger charge is -2.04. The van der Waals surface area contributed by atoms with Gasteiger partial charge in [-0.15, -0.1) is 0 Å². The molecule has 2 rings (SSSR count). The number of aromatic amines is 1. The van der Waals surface area contributed by atoms with Crippen LogP contribution in [0.3, 0.4) is 0 Å². The molecule has 5 nitrogen and oxygen atoms in total. The molecule has 0 aliphatic carbocycles. The van der Waals surface area contributed by atoms with Crippen molar-refractivity contribution in [3.05, 3.63) is 45.6 Å². The molecule has 84 valence electrons. The normalized spacial score (nSPS) is 10.4. The first-order valence-corrected chi connectivity index (χ1v) is 5.03. The Morgan fingerprint density at radius 2 is 2.12 bits per heavy atom. The van der Waals surface area contributed by atoms with Crippen LogP contribution in [-0.4, -0.2) is 14.8 Å². The van der Waals surface area contributed by atoms with E-state index >= 15 is 0 Å². The van der Waals surface area contributed by atoms with Crippen molar-refractivity contribution < 1.29 is 4.74 Å². The third-order valence-corrected chi connectivity index (χ3v) is 2.41. The van der Waals surface area contributed by atoms with Crippen molar-refractivity contribution >= 4 is 11.6 Å². The molecule has 0 spiro atoms. The van der Waals surface area contributed by atoms with Crippen LogP contribution < -0.4 is 10.4 Å². The van der Waals surface area contributed by atoms with Gasteiger partial charge in [0, 0.05) is 12.1 Å². The summed E-state index contributed by atoms with van der Waals surface area (Å²) in [5.74, 6) is 1.22. The van der Waals surface area contributed by atoms with Crippen molar-refractivity contribution in [3.63, 3.8) is 0 Å². The van der Waals surface area contributed by atoms with Crippen molar-refractivity contribution in [3.8, 4) is 5.75 Å². The van der Waals surface area contributed by atoms with Gasteiger partial charge in [-0.3, -0.25) is 4.57 Å². The third kappa shape index (κ3) is 2.25. The van der Waals surface area contributed by atoms with E-state index in [4.69, 9.17) is 16.3 Å². The highest BCUT2D eigenvalue weighted by Crippen LogP contribution is 2.16. The highest BCUT2D eigenvalue weighted by atomic mass is 35.5. The van der Waals surface area contributed by atoms with Gasteiger partial charge in [0.15, 0.2) is 5.82 Å². The molecule has 0 amide bonds. The summed E-state index contributed by atoms with van der Waals surface area (Å²) in [5, 5.41) is 6.81. The first kappa shape index (κ1) is 10.8. The van der Waals surface area contributed by atoms with Crippen LogP contribution in [0.1, 0.15) is 5.82 Å². The van der Waals surface area contributed by atoms with Crippen molar-refractivity contribution in [1.29, 1.82) is 0 Å². The Balaban J connectivity index is 2.05. The summed E-state index contributed by atoms with van der Waals surface area (Å²) in [6, 6.07) is 6.99. The van der Waals surface area contributed by atoms with Gasteiger partial charge in [-0.1, -0.05) is 11.6 Å². The van der Waals surface area contributed by atoms with E-state index in [1.165, 1.54) is 4.57 Å². The van der Waals surface area contributed by atoms with Gasteiger partial charge in [0.2, 0.25) is 0 Å². The molecule has 1 heterocycles. The van der Waals surface area contributed by atoms with E-state index in [2.05, 4.69) is 10.2 Å². The lowest BCUT2D eigenvalue weighted by atomic mass is 10.3. The van der Waals surface area contributed by atoms with Gasteiger partial charge in [-0.2, -0.15) is 5.10 Å². The maximum absolute atomic E-state index is 11.1. The zero-order valence-electron chi connectivity index (χ0n) is 8.61. The summed E-state index contributed by atoms with van der Waals surface area (Å²) in [5.41, 5.74) is -0.255. The number of benzene rings is 1. The number of nitrogens with zero attached hydrogens (tertiary/aromatic N) is 2. The molecule has 0 aliphatic heterocycles. The number of halogens is 1. The number of H-pyrrole nitrogens is 1. The number of hydrogen-bond acceptors (Lipinski definition) is 3. The minimum atomic E-state index is -0.255. The minimum absolute atomic E-state index is 0.233. The summed E-state index contributed by atoms with van der Waals surface area (Å²) >= 11 is 5.74. The van der Waals surface area contributed by atoms with Crippen molar-refractivity contribution in [2.45, 2.75) is 6.61 Å². The molecule has 0 atom stereocenters. The third-order valence-electron chi connectivity index (χ3n) is 2.15. The van der Waals surface area contributed by atoms with E-state index in [1.807, 2.05) is 0 Å². The maximum Gasteiger partial charge on any atom is 0.343 e. The Labute approximate surface area is 96.6 Å². The summed E-state index contributed by atoms with van der Waals surface area (Å²) in [6.45, 7) is 0.233. The molecule has 16 heavy (non-hydrogen) atoms. The fraction of sp³-hybridized carbons (Fsp3) is 0.200. The van der Waals surface area contributed by atoms with Gasteiger partial charge in [-0.05, 0) is 24.3 Å². The highest BCUT2D eigenvalue weighted by molar-refractivity contribution is 6.30. The lowest BCUT2D eigenvalue weighted by molar-refractivity contribution is 0.291. The zero-order valence-corrected chi connectivity index (χ0v) is 9.36. The fourth-order valence-corrected chi connectivity index (χ4v) is 1.31. The van der Waals surface area contributed by atoms with Gasteiger partial charge in [0.1, 0.15) is 12.4 Å². The van der Waals surface area contributed by atoms with Gasteiger partial charge in [0.05, 0.1) is 0 Å². The Morgan fingerprint density at radius 3 is 2.69 bits per heavy atom. The molecular formula is C10H10ClN3O2. The molecule has 1 aromatic carbocycles. The summed E-state index contributed by atoms with van der Waals surface area (Å²) in [6.07, 6.45) is 0. The van der Waals surface area contributed by atoms with Crippen LogP contribution in [-0.2, 0) is 13.7 Å². The standard InChI is InChI=1S/C10H10ClN3O2/c1-14-9(12-13-10(14)15)6-16-8-4-2-7(11)3-5-8/h2-5H,6H2,1H3,(H,13,15). The first-order chi connectivity index (χ1) is 7.66. The number of ether oxygens (including phenoxy) is 1. The Kier molecular flexibility index (Phi) is 2.96. The van der Waals surface area contributed by atoms with E-state index in [9.17, 15) is 4.79 Å². The van der Waals surface area contributed by atoms with E-state index in [1.54, 1.807) is 31.3 Å². The van der Waals surface area contributed by atoms with Crippen LogP contribution >= 0.6 is 11.6 Å². The molecule has 6 heteroatoms. The van der Waals surface area contributed by atoms with Gasteiger partial charge < -0.3 is 4.74 Å². The summed E-state index contributed by atoms with van der Waals surface area (Å²) in [7, 11) is 1.63. The second kappa shape index (κ2) is 4.40. The number of aromatic nitrogens is 3. The van der Waals surface area contributed by atoms with E-state index in [-0.39, 0.29) is 12.3 Å². The second-order valence-corrected chi connectivity index (χ2v) is 3.68. The zero-order chi connectivity index (χ0) is 11.5. The van der Waals surface area contributed by atoms with Gasteiger partial charge >= 0.3 is 5.69 Å². The summed E-state index contributed by atoms with van der Waals surface area (Å²) in [4.78, 5) is 11.1. The fourth-order valence-electron chi connectivity index (χ4n) is 1.19. The van der Waals surface area contributed by atoms with Crippen LogP contribution in [0.5, 0.6) is 5.75 Å². The molecule has 1 aromatic heterocycles. The maximum atomic E-state index is 11.1. The average Bonchev–Trinajstić information content (AvgIpc) is 2.60. The van der Waals surface area contributed by atoms with Crippen molar-refractivity contribution in [2.75, 3.05) is 0 Å². The van der Waals surface area contributed by atoms with E-state index < -0.39 is 0 Å². The van der Waals surface area contributed by atoms with E-state index in [0.29, 0.717) is 16.6 Å². The molecule has 0 fully saturated rings. The monoisotopic (exact) mass is 239 g/mol. The molecule has 0 bridgehead atoms. The smallest absolute Gasteiger partial charge is 0.343 e. The van der Waals surface area contributed by atoms with Crippen LogP contribution in [0.4, 0.5) is 0 Å². The summed E-state index contributed by atoms with van der Waals surface area (Å²) < 4.78 is 6.84. The Morgan fingerprint density at radius 1 is 1.44 bits per heavy atom. The van der Waals surface area contributed by atoms with E-state index in [0.717, 1.165) is 0 Å². The van der Waals surface area contributed by atoms with Gasteiger partial charge in [-0.25, -0.2) is 9.89 Å². The SMILES string of the molecule is Cn1c(COc2ccc(Cl)cc2)n[nH]c1=O. The molecular weight excluding hydrogens is 230 g/mol. The van der Waals surface area contributed by atoms with Crippen LogP contribution in [0, 0.1) is 0 Å². The molecule has 0 saturated heterocycles. The van der Waals surface area contributed by atoms with Crippen LogP contribution in [0.15, 0.2) is 29.1 Å². The van der Waals surface area contributed by atoms with Crippen LogP contribution in [0.2, 0.25) is 5.02 Å². The minimum Gasteiger partial charge on any atom is -0.486 e. The lowest BCUT2D eigenvalue weighted by Crippen LogP contribution is -2.15. The van der Waals surface area contributed by atoms with Crippen molar-refractivity contribution in [2.24, 2.45) is 7.05 Å². The highest BCUT2D eigenvalue weighted by Gasteiger charge is 2.04. The first-order valence-electron chi connectivity index (χ1n) is 4.65. The number of rotatable bonds is 3. The molecule has 0 unspecified atom stereocenters. The second-order valence-electron chi connectivity index (χ2n) is 3.25. The van der Waals surface area contributed by atoms with Crippen molar-refractivity contribution in [1.82, 2.24) is 14.8 Å². The topological polar surface area (TPSA) is 59.9 Å². The number of hydrogen-bond donors (Lipinski definition) is 1. The molecule has 2 aromatic rings. The van der Waals surface area contributed by atoms with Crippen LogP contribution in [0.25, 0.3) is 0 Å². The number of nitrogens with one attached hydrogen (secondary N) is 1. The average molecular weight is 240 g/mol. The van der Waals surface area contributed by atoms with Gasteiger partial charge in [0.25, 0.3) is 0 Å². The quantitative estimate of drug-likeness (QED) is 0.879. The molecule has 0 radical (unpaired) electrons. The molecule has 0 saturated carbocycles. The predicted octanol–water partition coefficient (Wildman–Crippen LogP) is 1.34. The predicted molar refractivity (Wildman–Crippen MR) is 59.6 cm³/mol. The Hall–Kier alpha value is -1.75. The molecule has 0 aliphatic rings.